The monoisotopic (exact) mass is 289 g/mol. The first kappa shape index (κ1) is 14.0. The summed E-state index contributed by atoms with van der Waals surface area (Å²) in [6, 6.07) is 9.44. The van der Waals surface area contributed by atoms with E-state index < -0.39 is 11.9 Å². The van der Waals surface area contributed by atoms with E-state index in [1.165, 1.54) is 7.11 Å². The maximum atomic E-state index is 11.5. The van der Waals surface area contributed by atoms with E-state index in [0.717, 1.165) is 23.4 Å². The number of esters is 1. The minimum atomic E-state index is -0.586. The van der Waals surface area contributed by atoms with Crippen LogP contribution in [-0.2, 0) is 14.3 Å². The minimum Gasteiger partial charge on any atom is -0.466 e. The van der Waals surface area contributed by atoms with Gasteiger partial charge in [-0.05, 0) is 17.3 Å². The number of amides is 1. The maximum absolute atomic E-state index is 11.5. The molecule has 1 heterocycles. The minimum absolute atomic E-state index is 0.227. The molecule has 20 heavy (non-hydrogen) atoms. The van der Waals surface area contributed by atoms with E-state index in [9.17, 15) is 9.59 Å². The molecule has 0 aromatic heterocycles. The smallest absolute Gasteiger partial charge is 0.331 e. The Hall–Kier alpha value is -2.41. The van der Waals surface area contributed by atoms with Crippen LogP contribution < -0.4 is 5.32 Å². The third-order valence-electron chi connectivity index (χ3n) is 2.26. The first-order valence-electron chi connectivity index (χ1n) is 5.64. The molecule has 0 atom stereocenters. The predicted molar refractivity (Wildman–Crippen MR) is 77.3 cm³/mol. The predicted octanol–water partition coefficient (Wildman–Crippen LogP) is 1.30. The zero-order valence-electron chi connectivity index (χ0n) is 10.6. The molecule has 0 bridgehead atoms. The second kappa shape index (κ2) is 6.67. The standard InChI is InChI=1S/C13H11N3O3S/c1-19-11(17)7-10-12(18)15-13(20-10)16-14-8-9-5-3-2-4-6-9/h2-8H,1H3,(H,15,16,18)/b10-7-,14-8-. The third-order valence-corrected chi connectivity index (χ3v) is 3.16. The van der Waals surface area contributed by atoms with Gasteiger partial charge in [0.2, 0.25) is 0 Å². The van der Waals surface area contributed by atoms with Crippen molar-refractivity contribution in [1.29, 1.82) is 0 Å². The summed E-state index contributed by atoms with van der Waals surface area (Å²) in [7, 11) is 1.25. The molecular weight excluding hydrogens is 278 g/mol. The number of carbonyl (C=O) groups is 2. The Labute approximate surface area is 119 Å². The van der Waals surface area contributed by atoms with Gasteiger partial charge in [0.15, 0.2) is 5.17 Å². The summed E-state index contributed by atoms with van der Waals surface area (Å²) in [5.74, 6) is -0.981. The van der Waals surface area contributed by atoms with Gasteiger partial charge in [0.1, 0.15) is 0 Å². The van der Waals surface area contributed by atoms with Crippen LogP contribution in [0.4, 0.5) is 0 Å². The molecule has 2 rings (SSSR count). The van der Waals surface area contributed by atoms with E-state index in [0.29, 0.717) is 5.17 Å². The molecule has 1 N–H and O–H groups in total. The Bertz CT molecular complexity index is 609. The number of amidine groups is 1. The Morgan fingerprint density at radius 1 is 1.35 bits per heavy atom. The van der Waals surface area contributed by atoms with Crippen molar-refractivity contribution in [2.45, 2.75) is 0 Å². The number of benzene rings is 1. The highest BCUT2D eigenvalue weighted by molar-refractivity contribution is 8.18. The summed E-state index contributed by atoms with van der Waals surface area (Å²) in [5.41, 5.74) is 0.900. The average Bonchev–Trinajstić information content (AvgIpc) is 2.80. The van der Waals surface area contributed by atoms with Gasteiger partial charge in [-0.3, -0.25) is 10.1 Å². The zero-order chi connectivity index (χ0) is 14.4. The highest BCUT2D eigenvalue weighted by atomic mass is 32.2. The van der Waals surface area contributed by atoms with Gasteiger partial charge in [-0.2, -0.15) is 5.10 Å². The largest absolute Gasteiger partial charge is 0.466 e. The van der Waals surface area contributed by atoms with E-state index in [2.05, 4.69) is 20.3 Å². The van der Waals surface area contributed by atoms with Crippen LogP contribution in [0.15, 0.2) is 51.5 Å². The first-order chi connectivity index (χ1) is 9.69. The number of carbonyl (C=O) groups excluding carboxylic acids is 2. The number of ether oxygens (including phenoxy) is 1. The summed E-state index contributed by atoms with van der Waals surface area (Å²) >= 11 is 1.03. The Kier molecular flexibility index (Phi) is 4.67. The van der Waals surface area contributed by atoms with Gasteiger partial charge in [-0.1, -0.05) is 30.3 Å². The zero-order valence-corrected chi connectivity index (χ0v) is 11.4. The number of rotatable bonds is 3. The number of hydrogen-bond acceptors (Lipinski definition) is 6. The van der Waals surface area contributed by atoms with Crippen molar-refractivity contribution in [2.24, 2.45) is 10.2 Å². The molecule has 7 heteroatoms. The molecule has 1 aromatic rings. The molecule has 0 radical (unpaired) electrons. The van der Waals surface area contributed by atoms with Crippen LogP contribution in [0, 0.1) is 0 Å². The van der Waals surface area contributed by atoms with E-state index in [1.807, 2.05) is 30.3 Å². The SMILES string of the molecule is COC(=O)/C=C1\SC(=N/N=C\c2ccccc2)NC1=O. The van der Waals surface area contributed by atoms with Crippen molar-refractivity contribution >= 4 is 35.0 Å². The second-order valence-electron chi connectivity index (χ2n) is 3.65. The van der Waals surface area contributed by atoms with Crippen molar-refractivity contribution in [3.63, 3.8) is 0 Å². The van der Waals surface area contributed by atoms with E-state index in [1.54, 1.807) is 6.21 Å². The van der Waals surface area contributed by atoms with Crippen molar-refractivity contribution in [3.05, 3.63) is 46.9 Å². The molecule has 0 saturated carbocycles. The molecule has 0 aliphatic carbocycles. The second-order valence-corrected chi connectivity index (χ2v) is 4.68. The van der Waals surface area contributed by atoms with Crippen LogP contribution >= 0.6 is 11.8 Å². The van der Waals surface area contributed by atoms with E-state index in [4.69, 9.17) is 0 Å². The molecular formula is C13H11N3O3S. The van der Waals surface area contributed by atoms with E-state index in [-0.39, 0.29) is 4.91 Å². The fourth-order valence-electron chi connectivity index (χ4n) is 1.33. The molecule has 102 valence electrons. The Balaban J connectivity index is 2.03. The Morgan fingerprint density at radius 2 is 2.10 bits per heavy atom. The van der Waals surface area contributed by atoms with Gasteiger partial charge >= 0.3 is 5.97 Å². The lowest BCUT2D eigenvalue weighted by atomic mass is 10.2. The number of nitrogens with one attached hydrogen (secondary N) is 1. The fraction of sp³-hybridized carbons (Fsp3) is 0.0769. The van der Waals surface area contributed by atoms with Gasteiger partial charge in [0.05, 0.1) is 18.2 Å². The van der Waals surface area contributed by atoms with Gasteiger partial charge < -0.3 is 4.74 Å². The molecule has 1 aliphatic heterocycles. The van der Waals surface area contributed by atoms with Crippen LogP contribution in [0.25, 0.3) is 0 Å². The molecule has 1 amide bonds. The summed E-state index contributed by atoms with van der Waals surface area (Å²) in [5, 5.41) is 10.6. The highest BCUT2D eigenvalue weighted by Crippen LogP contribution is 2.23. The number of nitrogens with zero attached hydrogens (tertiary/aromatic N) is 2. The lowest BCUT2D eigenvalue weighted by Crippen LogP contribution is -2.19. The summed E-state index contributed by atoms with van der Waals surface area (Å²) in [6.07, 6.45) is 2.69. The molecule has 1 fully saturated rings. The summed E-state index contributed by atoms with van der Waals surface area (Å²) < 4.78 is 4.46. The summed E-state index contributed by atoms with van der Waals surface area (Å²) in [4.78, 5) is 22.8. The van der Waals surface area contributed by atoms with Crippen LogP contribution in [0.1, 0.15) is 5.56 Å². The maximum Gasteiger partial charge on any atom is 0.331 e. The summed E-state index contributed by atoms with van der Waals surface area (Å²) in [6.45, 7) is 0. The molecule has 1 saturated heterocycles. The normalized spacial score (nSPS) is 18.8. The van der Waals surface area contributed by atoms with Gasteiger partial charge in [-0.15, -0.1) is 5.10 Å². The number of hydrogen-bond donors (Lipinski definition) is 1. The number of methoxy groups -OCH3 is 1. The molecule has 0 unspecified atom stereocenters. The highest BCUT2D eigenvalue weighted by Gasteiger charge is 2.24. The van der Waals surface area contributed by atoms with Crippen molar-refractivity contribution in [3.8, 4) is 0 Å². The first-order valence-corrected chi connectivity index (χ1v) is 6.45. The lowest BCUT2D eigenvalue weighted by molar-refractivity contribution is -0.135. The fourth-order valence-corrected chi connectivity index (χ4v) is 2.07. The molecule has 0 spiro atoms. The number of thioether (sulfide) groups is 1. The van der Waals surface area contributed by atoms with Gasteiger partial charge in [0, 0.05) is 6.08 Å². The quantitative estimate of drug-likeness (QED) is 0.393. The lowest BCUT2D eigenvalue weighted by Gasteiger charge is -1.90. The van der Waals surface area contributed by atoms with E-state index >= 15 is 0 Å². The van der Waals surface area contributed by atoms with Crippen molar-refractivity contribution in [2.75, 3.05) is 7.11 Å². The van der Waals surface area contributed by atoms with Crippen LogP contribution in [-0.4, -0.2) is 30.4 Å². The van der Waals surface area contributed by atoms with Crippen LogP contribution in [0.3, 0.4) is 0 Å². The van der Waals surface area contributed by atoms with Gasteiger partial charge in [-0.25, -0.2) is 4.79 Å². The topological polar surface area (TPSA) is 80.1 Å². The van der Waals surface area contributed by atoms with Crippen LogP contribution in [0.2, 0.25) is 0 Å². The average molecular weight is 289 g/mol. The van der Waals surface area contributed by atoms with Crippen LogP contribution in [0.5, 0.6) is 0 Å². The van der Waals surface area contributed by atoms with Gasteiger partial charge in [0.25, 0.3) is 5.91 Å². The van der Waals surface area contributed by atoms with Crippen molar-refractivity contribution < 1.29 is 14.3 Å². The third kappa shape index (κ3) is 3.79. The molecule has 6 nitrogen and oxygen atoms in total. The molecule has 1 aromatic carbocycles. The Morgan fingerprint density at radius 3 is 2.80 bits per heavy atom. The molecule has 1 aliphatic rings. The van der Waals surface area contributed by atoms with Crippen molar-refractivity contribution in [1.82, 2.24) is 5.32 Å².